The standard InChI is InChI=1S/C7H6ClN3O6S/c1-3-2-4(10(12)13)5(8)6(11(14)15)7(3)18(9,16)17/h2H,1H3,(H2,9,16,17). The molecule has 0 aliphatic heterocycles. The fourth-order valence-electron chi connectivity index (χ4n) is 1.40. The summed E-state index contributed by atoms with van der Waals surface area (Å²) in [6.07, 6.45) is 0. The Morgan fingerprint density at radius 2 is 1.78 bits per heavy atom. The van der Waals surface area contributed by atoms with E-state index in [2.05, 4.69) is 0 Å². The lowest BCUT2D eigenvalue weighted by Gasteiger charge is -2.06. The van der Waals surface area contributed by atoms with Crippen LogP contribution in [0.4, 0.5) is 11.4 Å². The number of primary sulfonamides is 1. The first-order chi connectivity index (χ1) is 8.07. The van der Waals surface area contributed by atoms with Gasteiger partial charge in [0.05, 0.1) is 9.85 Å². The predicted octanol–water partition coefficient (Wildman–Crippen LogP) is 1.11. The van der Waals surface area contributed by atoms with E-state index < -0.39 is 41.2 Å². The second kappa shape index (κ2) is 4.48. The highest BCUT2D eigenvalue weighted by Gasteiger charge is 2.34. The number of nitrogens with zero attached hydrogens (tertiary/aromatic N) is 2. The van der Waals surface area contributed by atoms with Gasteiger partial charge in [0, 0.05) is 6.07 Å². The predicted molar refractivity (Wildman–Crippen MR) is 60.9 cm³/mol. The molecule has 11 heteroatoms. The van der Waals surface area contributed by atoms with Crippen LogP contribution in [-0.4, -0.2) is 18.3 Å². The average Bonchev–Trinajstić information content (AvgIpc) is 2.17. The molecular weight excluding hydrogens is 290 g/mol. The Balaban J connectivity index is 3.93. The van der Waals surface area contributed by atoms with Gasteiger partial charge in [-0.05, 0) is 12.5 Å². The SMILES string of the molecule is Cc1cc([N+](=O)[O-])c(Cl)c([N+](=O)[O-])c1S(N)(=O)=O. The Bertz CT molecular complexity index is 656. The molecule has 9 nitrogen and oxygen atoms in total. The lowest BCUT2D eigenvalue weighted by atomic mass is 10.2. The van der Waals surface area contributed by atoms with E-state index in [-0.39, 0.29) is 5.56 Å². The molecule has 0 heterocycles. The minimum atomic E-state index is -4.42. The van der Waals surface area contributed by atoms with Crippen LogP contribution < -0.4 is 5.14 Å². The van der Waals surface area contributed by atoms with Gasteiger partial charge in [-0.2, -0.15) is 0 Å². The van der Waals surface area contributed by atoms with E-state index >= 15 is 0 Å². The highest BCUT2D eigenvalue weighted by Crippen LogP contribution is 2.40. The van der Waals surface area contributed by atoms with Crippen LogP contribution >= 0.6 is 11.6 Å². The molecule has 0 atom stereocenters. The van der Waals surface area contributed by atoms with Crippen molar-refractivity contribution < 1.29 is 18.3 Å². The number of nitro groups is 2. The van der Waals surface area contributed by atoms with Crippen molar-refractivity contribution in [2.45, 2.75) is 11.8 Å². The highest BCUT2D eigenvalue weighted by molar-refractivity contribution is 7.89. The van der Waals surface area contributed by atoms with Crippen molar-refractivity contribution in [2.75, 3.05) is 0 Å². The summed E-state index contributed by atoms with van der Waals surface area (Å²) in [5.41, 5.74) is -2.07. The number of hydrogen-bond donors (Lipinski definition) is 1. The van der Waals surface area contributed by atoms with E-state index in [0.29, 0.717) is 0 Å². The third kappa shape index (κ3) is 2.39. The summed E-state index contributed by atoms with van der Waals surface area (Å²) in [5, 5.41) is 25.4. The molecule has 0 aliphatic rings. The average molecular weight is 296 g/mol. The molecule has 0 saturated carbocycles. The van der Waals surface area contributed by atoms with Crippen molar-refractivity contribution in [2.24, 2.45) is 5.14 Å². The number of sulfonamides is 1. The van der Waals surface area contributed by atoms with E-state index in [1.807, 2.05) is 0 Å². The van der Waals surface area contributed by atoms with Crippen molar-refractivity contribution in [3.63, 3.8) is 0 Å². The van der Waals surface area contributed by atoms with Crippen molar-refractivity contribution in [1.29, 1.82) is 0 Å². The molecule has 1 aromatic carbocycles. The van der Waals surface area contributed by atoms with Gasteiger partial charge in [-0.25, -0.2) is 13.6 Å². The molecule has 1 rings (SSSR count). The summed E-state index contributed by atoms with van der Waals surface area (Å²) in [4.78, 5) is 18.5. The molecule has 0 fully saturated rings. The van der Waals surface area contributed by atoms with Crippen LogP contribution in [-0.2, 0) is 10.0 Å². The fourth-order valence-corrected chi connectivity index (χ4v) is 2.69. The van der Waals surface area contributed by atoms with Gasteiger partial charge in [0.15, 0.2) is 9.92 Å². The summed E-state index contributed by atoms with van der Waals surface area (Å²) < 4.78 is 22.5. The number of rotatable bonds is 3. The summed E-state index contributed by atoms with van der Waals surface area (Å²) in [5.74, 6) is 0. The van der Waals surface area contributed by atoms with Gasteiger partial charge in [0.2, 0.25) is 10.0 Å². The highest BCUT2D eigenvalue weighted by atomic mass is 35.5. The topological polar surface area (TPSA) is 146 Å². The van der Waals surface area contributed by atoms with Crippen molar-refractivity contribution in [3.05, 3.63) is 36.9 Å². The van der Waals surface area contributed by atoms with Crippen molar-refractivity contribution in [1.82, 2.24) is 0 Å². The van der Waals surface area contributed by atoms with Gasteiger partial charge in [-0.15, -0.1) is 0 Å². The van der Waals surface area contributed by atoms with Crippen LogP contribution in [0.5, 0.6) is 0 Å². The molecule has 0 saturated heterocycles. The van der Waals surface area contributed by atoms with Crippen molar-refractivity contribution >= 4 is 33.0 Å². The third-order valence-electron chi connectivity index (χ3n) is 2.02. The molecule has 18 heavy (non-hydrogen) atoms. The second-order valence-corrected chi connectivity index (χ2v) is 5.14. The molecular formula is C7H6ClN3O6S. The maximum atomic E-state index is 11.3. The van der Waals surface area contributed by atoms with Crippen molar-refractivity contribution in [3.8, 4) is 0 Å². The van der Waals surface area contributed by atoms with Gasteiger partial charge in [0.1, 0.15) is 0 Å². The first kappa shape index (κ1) is 14.3. The van der Waals surface area contributed by atoms with Gasteiger partial charge < -0.3 is 0 Å². The molecule has 0 unspecified atom stereocenters. The Labute approximate surface area is 106 Å². The normalized spacial score (nSPS) is 11.3. The number of halogens is 1. The number of aryl methyl sites for hydroxylation is 1. The molecule has 0 radical (unpaired) electrons. The number of hydrogen-bond acceptors (Lipinski definition) is 6. The van der Waals surface area contributed by atoms with E-state index in [1.54, 1.807) is 0 Å². The Morgan fingerprint density at radius 1 is 1.28 bits per heavy atom. The largest absolute Gasteiger partial charge is 0.315 e. The number of nitrogens with two attached hydrogens (primary N) is 1. The van der Waals surface area contributed by atoms with Crippen LogP contribution in [0.2, 0.25) is 5.02 Å². The monoisotopic (exact) mass is 295 g/mol. The maximum Gasteiger partial charge on any atom is 0.315 e. The van der Waals surface area contributed by atoms with Gasteiger partial charge in [-0.3, -0.25) is 20.2 Å². The molecule has 0 aromatic heterocycles. The lowest BCUT2D eigenvalue weighted by molar-refractivity contribution is -0.395. The zero-order valence-electron chi connectivity index (χ0n) is 8.78. The van der Waals surface area contributed by atoms with Crippen LogP contribution in [0.25, 0.3) is 0 Å². The summed E-state index contributed by atoms with van der Waals surface area (Å²) >= 11 is 5.48. The van der Waals surface area contributed by atoms with E-state index in [9.17, 15) is 28.6 Å². The smallest absolute Gasteiger partial charge is 0.258 e. The fraction of sp³-hybridized carbons (Fsp3) is 0.143. The molecule has 98 valence electrons. The Morgan fingerprint density at radius 3 is 2.11 bits per heavy atom. The first-order valence-electron chi connectivity index (χ1n) is 4.22. The third-order valence-corrected chi connectivity index (χ3v) is 3.48. The van der Waals surface area contributed by atoms with E-state index in [0.717, 1.165) is 13.0 Å². The van der Waals surface area contributed by atoms with Gasteiger partial charge in [-0.1, -0.05) is 11.6 Å². The van der Waals surface area contributed by atoms with Crippen LogP contribution in [0.15, 0.2) is 11.0 Å². The molecule has 1 aromatic rings. The Kier molecular flexibility index (Phi) is 3.55. The summed E-state index contributed by atoms with van der Waals surface area (Å²) in [7, 11) is -4.42. The Hall–Kier alpha value is -1.78. The molecule has 0 aliphatic carbocycles. The summed E-state index contributed by atoms with van der Waals surface area (Å²) in [6, 6.07) is 0.815. The minimum Gasteiger partial charge on any atom is -0.258 e. The summed E-state index contributed by atoms with van der Waals surface area (Å²) in [6.45, 7) is 1.15. The quantitative estimate of drug-likeness (QED) is 0.652. The second-order valence-electron chi connectivity index (χ2n) is 3.26. The van der Waals surface area contributed by atoms with E-state index in [4.69, 9.17) is 16.7 Å². The first-order valence-corrected chi connectivity index (χ1v) is 6.14. The molecule has 2 N–H and O–H groups in total. The van der Waals surface area contributed by atoms with Crippen LogP contribution in [0, 0.1) is 27.2 Å². The molecule has 0 amide bonds. The molecule has 0 bridgehead atoms. The maximum absolute atomic E-state index is 11.3. The zero-order chi connectivity index (χ0) is 14.2. The minimum absolute atomic E-state index is 0.222. The molecule has 0 spiro atoms. The number of benzene rings is 1. The zero-order valence-corrected chi connectivity index (χ0v) is 10.4. The lowest BCUT2D eigenvalue weighted by Crippen LogP contribution is -2.16. The van der Waals surface area contributed by atoms with Gasteiger partial charge >= 0.3 is 5.69 Å². The van der Waals surface area contributed by atoms with E-state index in [1.165, 1.54) is 0 Å². The van der Waals surface area contributed by atoms with Crippen LogP contribution in [0.1, 0.15) is 5.56 Å². The van der Waals surface area contributed by atoms with Crippen LogP contribution in [0.3, 0.4) is 0 Å². The van der Waals surface area contributed by atoms with Gasteiger partial charge in [0.25, 0.3) is 5.69 Å². The number of nitro benzene ring substituents is 2.